The molecule has 0 radical (unpaired) electrons. The molecule has 2 amide bonds. The van der Waals surface area contributed by atoms with Gasteiger partial charge in [-0.15, -0.1) is 0 Å². The van der Waals surface area contributed by atoms with Crippen LogP contribution in [0.3, 0.4) is 0 Å². The summed E-state index contributed by atoms with van der Waals surface area (Å²) >= 11 is 0. The first-order valence-electron chi connectivity index (χ1n) is 13.3. The molecule has 1 aliphatic heterocycles. The van der Waals surface area contributed by atoms with E-state index >= 15 is 0 Å². The van der Waals surface area contributed by atoms with Gasteiger partial charge in [-0.1, -0.05) is 48.5 Å². The number of halogens is 1. The van der Waals surface area contributed by atoms with Crippen LogP contribution in [0.1, 0.15) is 34.5 Å². The van der Waals surface area contributed by atoms with Crippen LogP contribution in [0.15, 0.2) is 84.9 Å². The van der Waals surface area contributed by atoms with Crippen LogP contribution in [0, 0.1) is 12.7 Å². The summed E-state index contributed by atoms with van der Waals surface area (Å²) in [7, 11) is 0. The van der Waals surface area contributed by atoms with Crippen LogP contribution in [0.5, 0.6) is 0 Å². The number of carbonyl (C=O) groups excluding carboxylic acids is 2. The zero-order valence-corrected chi connectivity index (χ0v) is 22.3. The van der Waals surface area contributed by atoms with Crippen molar-refractivity contribution in [3.8, 4) is 0 Å². The Kier molecular flexibility index (Phi) is 7.89. The highest BCUT2D eigenvalue weighted by molar-refractivity contribution is 5.99. The number of rotatable bonds is 7. The fourth-order valence-corrected chi connectivity index (χ4v) is 5.14. The van der Waals surface area contributed by atoms with E-state index in [-0.39, 0.29) is 30.2 Å². The minimum atomic E-state index is -0.245. The minimum Gasteiger partial charge on any atom is -0.369 e. The minimum absolute atomic E-state index is 0.121. The molecular weight excluding hydrogens is 491 g/mol. The Labute approximate surface area is 228 Å². The number of benzene rings is 4. The third kappa shape index (κ3) is 6.26. The Bertz CT molecular complexity index is 1470. The molecular formula is C32H33FN4O2. The van der Waals surface area contributed by atoms with Gasteiger partial charge in [0.15, 0.2) is 0 Å². The summed E-state index contributed by atoms with van der Waals surface area (Å²) < 4.78 is 13.2. The maximum absolute atomic E-state index is 13.2. The molecule has 0 aliphatic carbocycles. The van der Waals surface area contributed by atoms with Gasteiger partial charge in [0.05, 0.1) is 12.6 Å². The zero-order valence-electron chi connectivity index (χ0n) is 22.3. The second-order valence-corrected chi connectivity index (χ2v) is 10.1. The quantitative estimate of drug-likeness (QED) is 0.333. The first-order chi connectivity index (χ1) is 18.9. The van der Waals surface area contributed by atoms with Crippen LogP contribution in [0.25, 0.3) is 10.8 Å². The maximum atomic E-state index is 13.2. The first-order valence-corrected chi connectivity index (χ1v) is 13.3. The standard InChI is InChI=1S/C32H33FN4O2/c1-22-10-13-26(35-31(38)21-36-16-18-37(19-17-36)27-14-11-25(33)12-15-27)20-30(22)32(39)34-23(2)28-9-5-7-24-6-3-4-8-29(24)28/h3-15,20,23H,16-19,21H2,1-2H3,(H,34,39)(H,35,38)/t23-/m1/s1. The highest BCUT2D eigenvalue weighted by Gasteiger charge is 2.20. The van der Waals surface area contributed by atoms with E-state index in [9.17, 15) is 14.0 Å². The summed E-state index contributed by atoms with van der Waals surface area (Å²) in [5, 5.41) is 8.33. The van der Waals surface area contributed by atoms with Crippen molar-refractivity contribution in [1.82, 2.24) is 10.2 Å². The molecule has 2 N–H and O–H groups in total. The average molecular weight is 525 g/mol. The van der Waals surface area contributed by atoms with Gasteiger partial charge < -0.3 is 15.5 Å². The number of nitrogens with one attached hydrogen (secondary N) is 2. The lowest BCUT2D eigenvalue weighted by Crippen LogP contribution is -2.48. The number of hydrogen-bond donors (Lipinski definition) is 2. The third-order valence-electron chi connectivity index (χ3n) is 7.33. The van der Waals surface area contributed by atoms with E-state index in [0.717, 1.165) is 53.8 Å². The molecule has 1 heterocycles. The van der Waals surface area contributed by atoms with Gasteiger partial charge in [-0.05, 0) is 72.1 Å². The average Bonchev–Trinajstić information content (AvgIpc) is 2.94. The molecule has 1 aliphatic rings. The van der Waals surface area contributed by atoms with Crippen LogP contribution < -0.4 is 15.5 Å². The van der Waals surface area contributed by atoms with Crippen molar-refractivity contribution in [3.63, 3.8) is 0 Å². The van der Waals surface area contributed by atoms with Crippen LogP contribution in [0.2, 0.25) is 0 Å². The summed E-state index contributed by atoms with van der Waals surface area (Å²) in [6.45, 7) is 7.15. The molecule has 39 heavy (non-hydrogen) atoms. The molecule has 1 saturated heterocycles. The molecule has 5 rings (SSSR count). The lowest BCUT2D eigenvalue weighted by molar-refractivity contribution is -0.117. The van der Waals surface area contributed by atoms with Gasteiger partial charge in [-0.3, -0.25) is 14.5 Å². The van der Waals surface area contributed by atoms with Crippen molar-refractivity contribution < 1.29 is 14.0 Å². The Morgan fingerprint density at radius 1 is 0.897 bits per heavy atom. The van der Waals surface area contributed by atoms with Crippen LogP contribution in [-0.2, 0) is 4.79 Å². The largest absolute Gasteiger partial charge is 0.369 e. The van der Waals surface area contributed by atoms with Gasteiger partial charge in [0, 0.05) is 43.1 Å². The first kappa shape index (κ1) is 26.4. The molecule has 0 aromatic heterocycles. The molecule has 4 aromatic carbocycles. The molecule has 1 atom stereocenters. The molecule has 200 valence electrons. The lowest BCUT2D eigenvalue weighted by Gasteiger charge is -2.35. The number of hydrogen-bond acceptors (Lipinski definition) is 4. The number of nitrogens with zero attached hydrogens (tertiary/aromatic N) is 2. The molecule has 6 nitrogen and oxygen atoms in total. The Morgan fingerprint density at radius 2 is 1.62 bits per heavy atom. The lowest BCUT2D eigenvalue weighted by atomic mass is 9.99. The molecule has 0 saturated carbocycles. The third-order valence-corrected chi connectivity index (χ3v) is 7.33. The molecule has 0 unspecified atom stereocenters. The second kappa shape index (κ2) is 11.7. The number of anilines is 2. The van der Waals surface area contributed by atoms with Gasteiger partial charge in [-0.25, -0.2) is 4.39 Å². The van der Waals surface area contributed by atoms with Crippen LogP contribution in [0.4, 0.5) is 15.8 Å². The maximum Gasteiger partial charge on any atom is 0.252 e. The highest BCUT2D eigenvalue weighted by Crippen LogP contribution is 2.25. The number of amides is 2. The van der Waals surface area contributed by atoms with E-state index in [1.54, 1.807) is 18.2 Å². The Balaban J connectivity index is 1.18. The van der Waals surface area contributed by atoms with Crippen molar-refractivity contribution in [2.45, 2.75) is 19.9 Å². The number of fused-ring (bicyclic) bond motifs is 1. The zero-order chi connectivity index (χ0) is 27.4. The molecule has 1 fully saturated rings. The van der Waals surface area contributed by atoms with E-state index in [4.69, 9.17) is 0 Å². The van der Waals surface area contributed by atoms with E-state index in [0.29, 0.717) is 11.3 Å². The molecule has 7 heteroatoms. The smallest absolute Gasteiger partial charge is 0.252 e. The molecule has 4 aromatic rings. The predicted octanol–water partition coefficient (Wildman–Crippen LogP) is 5.54. The van der Waals surface area contributed by atoms with E-state index in [2.05, 4.69) is 38.6 Å². The fraction of sp³-hybridized carbons (Fsp3) is 0.250. The van der Waals surface area contributed by atoms with Crippen molar-refractivity contribution in [1.29, 1.82) is 0 Å². The summed E-state index contributed by atoms with van der Waals surface area (Å²) in [4.78, 5) is 30.4. The second-order valence-electron chi connectivity index (χ2n) is 10.1. The van der Waals surface area contributed by atoms with Crippen molar-refractivity contribution in [2.24, 2.45) is 0 Å². The summed E-state index contributed by atoms with van der Waals surface area (Å²) in [6, 6.07) is 26.0. The van der Waals surface area contributed by atoms with Gasteiger partial charge in [-0.2, -0.15) is 0 Å². The van der Waals surface area contributed by atoms with E-state index in [1.165, 1.54) is 12.1 Å². The number of piperazine rings is 1. The van der Waals surface area contributed by atoms with Gasteiger partial charge in [0.25, 0.3) is 5.91 Å². The van der Waals surface area contributed by atoms with Gasteiger partial charge in [0.2, 0.25) is 5.91 Å². The molecule has 0 spiro atoms. The summed E-state index contributed by atoms with van der Waals surface area (Å²) in [5.41, 5.74) is 4.02. The monoisotopic (exact) mass is 524 g/mol. The molecule has 0 bridgehead atoms. The summed E-state index contributed by atoms with van der Waals surface area (Å²) in [5.74, 6) is -0.546. The van der Waals surface area contributed by atoms with Crippen molar-refractivity contribution in [2.75, 3.05) is 42.9 Å². The SMILES string of the molecule is Cc1ccc(NC(=O)CN2CCN(c3ccc(F)cc3)CC2)cc1C(=O)N[C@H](C)c1cccc2ccccc12. The fourth-order valence-electron chi connectivity index (χ4n) is 5.14. The Hall–Kier alpha value is -4.23. The Morgan fingerprint density at radius 3 is 2.38 bits per heavy atom. The van der Waals surface area contributed by atoms with Crippen molar-refractivity contribution >= 4 is 34.0 Å². The van der Waals surface area contributed by atoms with Gasteiger partial charge >= 0.3 is 0 Å². The van der Waals surface area contributed by atoms with Crippen LogP contribution >= 0.6 is 0 Å². The summed E-state index contributed by atoms with van der Waals surface area (Å²) in [6.07, 6.45) is 0. The number of aryl methyl sites for hydroxylation is 1. The van der Waals surface area contributed by atoms with E-state index in [1.807, 2.05) is 50.2 Å². The predicted molar refractivity (Wildman–Crippen MR) is 155 cm³/mol. The highest BCUT2D eigenvalue weighted by atomic mass is 19.1. The normalized spacial score (nSPS) is 14.7. The van der Waals surface area contributed by atoms with Gasteiger partial charge in [0.1, 0.15) is 5.82 Å². The van der Waals surface area contributed by atoms with Crippen LogP contribution in [-0.4, -0.2) is 49.4 Å². The van der Waals surface area contributed by atoms with E-state index < -0.39 is 0 Å². The number of carbonyl (C=O) groups is 2. The topological polar surface area (TPSA) is 64.7 Å². The van der Waals surface area contributed by atoms with Crippen molar-refractivity contribution in [3.05, 3.63) is 107 Å².